The smallest absolute Gasteiger partial charge is 0.332 e. The summed E-state index contributed by atoms with van der Waals surface area (Å²) in [6, 6.07) is 0. The molecule has 1 atom stereocenters. The highest BCUT2D eigenvalue weighted by Gasteiger charge is 2.33. The van der Waals surface area contributed by atoms with Gasteiger partial charge in [-0.2, -0.15) is 0 Å². The number of hydrogen-bond donors (Lipinski definition) is 2. The summed E-state index contributed by atoms with van der Waals surface area (Å²) in [6.45, 7) is 9.60. The van der Waals surface area contributed by atoms with Crippen molar-refractivity contribution in [1.82, 2.24) is 0 Å². The van der Waals surface area contributed by atoms with Crippen LogP contribution in [0.5, 0.6) is 0 Å². The first-order chi connectivity index (χ1) is 9.12. The van der Waals surface area contributed by atoms with E-state index in [1.807, 2.05) is 6.92 Å². The minimum atomic E-state index is -1.19. The molecular formula is C15H26O5. The van der Waals surface area contributed by atoms with Crippen LogP contribution in [0.4, 0.5) is 0 Å². The molecule has 0 heterocycles. The molecule has 0 aliphatic rings. The van der Waals surface area contributed by atoms with E-state index in [0.29, 0.717) is 6.61 Å². The first kappa shape index (κ1) is 18.6. The Balaban J connectivity index is 5.29. The number of ether oxygens (including phenoxy) is 1. The van der Waals surface area contributed by atoms with E-state index in [9.17, 15) is 19.8 Å². The molecule has 0 spiro atoms. The van der Waals surface area contributed by atoms with Crippen LogP contribution in [0.1, 0.15) is 47.5 Å². The second kappa shape index (κ2) is 8.04. The highest BCUT2D eigenvalue weighted by atomic mass is 16.5. The van der Waals surface area contributed by atoms with E-state index in [4.69, 9.17) is 4.74 Å². The lowest BCUT2D eigenvalue weighted by Gasteiger charge is -2.24. The summed E-state index contributed by atoms with van der Waals surface area (Å²) in [4.78, 5) is 22.9. The molecular weight excluding hydrogens is 260 g/mol. The zero-order valence-corrected chi connectivity index (χ0v) is 13.0. The minimum Gasteiger partial charge on any atom is -0.478 e. The molecule has 5 nitrogen and oxygen atoms in total. The molecule has 5 heteroatoms. The Morgan fingerprint density at radius 3 is 2.05 bits per heavy atom. The van der Waals surface area contributed by atoms with Gasteiger partial charge in [-0.05, 0) is 11.8 Å². The fourth-order valence-corrected chi connectivity index (χ4v) is 1.99. The van der Waals surface area contributed by atoms with E-state index in [1.54, 1.807) is 27.7 Å². The maximum absolute atomic E-state index is 11.4. The van der Waals surface area contributed by atoms with Gasteiger partial charge in [0.05, 0.1) is 17.8 Å². The molecule has 0 fully saturated rings. The molecule has 0 aliphatic carbocycles. The quantitative estimate of drug-likeness (QED) is 0.529. The Hall–Kier alpha value is -1.36. The summed E-state index contributed by atoms with van der Waals surface area (Å²) in [6.07, 6.45) is 1.91. The van der Waals surface area contributed by atoms with Gasteiger partial charge < -0.3 is 14.9 Å². The van der Waals surface area contributed by atoms with Gasteiger partial charge >= 0.3 is 11.9 Å². The van der Waals surface area contributed by atoms with Gasteiger partial charge in [0.15, 0.2) is 0 Å². The molecule has 0 aromatic heterocycles. The van der Waals surface area contributed by atoms with E-state index in [-0.39, 0.29) is 17.8 Å². The third kappa shape index (κ3) is 5.74. The minimum absolute atomic E-state index is 0.0587. The second-order valence-corrected chi connectivity index (χ2v) is 5.98. The number of rotatable bonds is 8. The molecule has 0 aromatic carbocycles. The van der Waals surface area contributed by atoms with Crippen molar-refractivity contribution in [2.45, 2.75) is 47.5 Å². The molecule has 0 saturated heterocycles. The van der Waals surface area contributed by atoms with Gasteiger partial charge in [-0.15, -0.1) is 0 Å². The summed E-state index contributed by atoms with van der Waals surface area (Å²) < 4.78 is 5.42. The second-order valence-electron chi connectivity index (χ2n) is 5.98. The molecule has 0 amide bonds. The standard InChI is InChI=1S/C15H26O5/c1-6-7-8-20-9-10(2)11(13(16)17)12(14(18)19)15(3,4)5/h10H,6-9H2,1-5H3,(H,16,17)(H,18,19). The normalized spacial score (nSPS) is 14.7. The average molecular weight is 286 g/mol. The van der Waals surface area contributed by atoms with Crippen LogP contribution in [0.15, 0.2) is 11.1 Å². The first-order valence-corrected chi connectivity index (χ1v) is 6.91. The third-order valence-corrected chi connectivity index (χ3v) is 2.97. The van der Waals surface area contributed by atoms with Crippen LogP contribution in [0.25, 0.3) is 0 Å². The Morgan fingerprint density at radius 1 is 1.15 bits per heavy atom. The van der Waals surface area contributed by atoms with Gasteiger partial charge in [0, 0.05) is 12.5 Å². The van der Waals surface area contributed by atoms with Crippen molar-refractivity contribution in [3.05, 3.63) is 11.1 Å². The van der Waals surface area contributed by atoms with Crippen molar-refractivity contribution >= 4 is 11.9 Å². The summed E-state index contributed by atoms with van der Waals surface area (Å²) in [5.41, 5.74) is -0.866. The van der Waals surface area contributed by atoms with Gasteiger partial charge in [0.2, 0.25) is 0 Å². The fourth-order valence-electron chi connectivity index (χ4n) is 1.99. The van der Waals surface area contributed by atoms with E-state index in [1.165, 1.54) is 0 Å². The lowest BCUT2D eigenvalue weighted by atomic mass is 9.80. The number of carbonyl (C=O) groups is 2. The van der Waals surface area contributed by atoms with Gasteiger partial charge in [-0.3, -0.25) is 0 Å². The summed E-state index contributed by atoms with van der Waals surface area (Å²) in [7, 11) is 0. The van der Waals surface area contributed by atoms with Crippen LogP contribution in [0.2, 0.25) is 0 Å². The number of aliphatic carboxylic acids is 2. The monoisotopic (exact) mass is 286 g/mol. The summed E-state index contributed by atoms with van der Waals surface area (Å²) in [5, 5.41) is 18.7. The van der Waals surface area contributed by atoms with Crippen LogP contribution < -0.4 is 0 Å². The van der Waals surface area contributed by atoms with E-state index in [0.717, 1.165) is 12.8 Å². The maximum Gasteiger partial charge on any atom is 0.332 e. The topological polar surface area (TPSA) is 83.8 Å². The summed E-state index contributed by atoms with van der Waals surface area (Å²) >= 11 is 0. The molecule has 116 valence electrons. The lowest BCUT2D eigenvalue weighted by molar-refractivity contribution is -0.137. The molecule has 0 saturated carbocycles. The average Bonchev–Trinajstić information content (AvgIpc) is 2.28. The van der Waals surface area contributed by atoms with E-state index < -0.39 is 23.3 Å². The van der Waals surface area contributed by atoms with Crippen molar-refractivity contribution in [2.75, 3.05) is 13.2 Å². The van der Waals surface area contributed by atoms with Crippen molar-refractivity contribution in [3.63, 3.8) is 0 Å². The first-order valence-electron chi connectivity index (χ1n) is 6.91. The van der Waals surface area contributed by atoms with Crippen molar-refractivity contribution in [2.24, 2.45) is 11.3 Å². The van der Waals surface area contributed by atoms with Crippen LogP contribution in [-0.4, -0.2) is 35.4 Å². The molecule has 1 unspecified atom stereocenters. The van der Waals surface area contributed by atoms with Gasteiger partial charge in [0.25, 0.3) is 0 Å². The molecule has 0 aromatic rings. The fraction of sp³-hybridized carbons (Fsp3) is 0.733. The molecule has 0 rings (SSSR count). The highest BCUT2D eigenvalue weighted by molar-refractivity contribution is 6.00. The third-order valence-electron chi connectivity index (χ3n) is 2.97. The molecule has 2 N–H and O–H groups in total. The zero-order chi connectivity index (χ0) is 15.9. The number of carboxylic acid groups (broad SMARTS) is 2. The predicted molar refractivity (Wildman–Crippen MR) is 76.6 cm³/mol. The van der Waals surface area contributed by atoms with Gasteiger partial charge in [-0.25, -0.2) is 9.59 Å². The molecule has 0 radical (unpaired) electrons. The zero-order valence-electron chi connectivity index (χ0n) is 13.0. The van der Waals surface area contributed by atoms with Crippen LogP contribution in [0.3, 0.4) is 0 Å². The molecule has 0 aliphatic heterocycles. The largest absolute Gasteiger partial charge is 0.478 e. The summed E-state index contributed by atoms with van der Waals surface area (Å²) in [5.74, 6) is -2.84. The lowest BCUT2D eigenvalue weighted by Crippen LogP contribution is -2.27. The number of hydrogen-bond acceptors (Lipinski definition) is 3. The Labute approximate surface area is 120 Å². The van der Waals surface area contributed by atoms with E-state index in [2.05, 4.69) is 0 Å². The van der Waals surface area contributed by atoms with Crippen molar-refractivity contribution in [3.8, 4) is 0 Å². The van der Waals surface area contributed by atoms with Crippen LogP contribution in [0, 0.1) is 11.3 Å². The van der Waals surface area contributed by atoms with Gasteiger partial charge in [-0.1, -0.05) is 41.0 Å². The van der Waals surface area contributed by atoms with Gasteiger partial charge in [0.1, 0.15) is 0 Å². The van der Waals surface area contributed by atoms with Crippen LogP contribution >= 0.6 is 0 Å². The molecule has 0 bridgehead atoms. The Kier molecular flexibility index (Phi) is 7.50. The molecule has 20 heavy (non-hydrogen) atoms. The van der Waals surface area contributed by atoms with Crippen molar-refractivity contribution in [1.29, 1.82) is 0 Å². The number of unbranched alkanes of at least 4 members (excludes halogenated alkanes) is 1. The Morgan fingerprint density at radius 2 is 1.70 bits per heavy atom. The predicted octanol–water partition coefficient (Wildman–Crippen LogP) is 2.95. The Bertz CT molecular complexity index is 376. The van der Waals surface area contributed by atoms with E-state index >= 15 is 0 Å². The van der Waals surface area contributed by atoms with Crippen LogP contribution in [-0.2, 0) is 14.3 Å². The maximum atomic E-state index is 11.4. The highest BCUT2D eigenvalue weighted by Crippen LogP contribution is 2.31. The SMILES string of the molecule is CCCCOCC(C)C(C(=O)O)=C(C(=O)O)C(C)(C)C. The van der Waals surface area contributed by atoms with Crippen molar-refractivity contribution < 1.29 is 24.5 Å². The number of carboxylic acids is 2.